The number of hydrogen-bond donors (Lipinski definition) is 3. The lowest BCUT2D eigenvalue weighted by Crippen LogP contribution is -2.31. The summed E-state index contributed by atoms with van der Waals surface area (Å²) in [5.41, 5.74) is -0.138. The van der Waals surface area contributed by atoms with E-state index in [1.807, 2.05) is 0 Å². The SMILES string of the molecule is OB(O)c1c(O)cc(Cl)cc1Cl. The fraction of sp³-hybridized carbons (Fsp3) is 0. The Morgan fingerprint density at radius 1 is 1.17 bits per heavy atom. The predicted octanol–water partition coefficient (Wildman–Crippen LogP) is 0.379. The molecule has 0 amide bonds. The molecule has 0 aromatic heterocycles. The Labute approximate surface area is 79.3 Å². The molecule has 64 valence electrons. The average molecular weight is 207 g/mol. The van der Waals surface area contributed by atoms with Crippen LogP contribution in [0.2, 0.25) is 10.0 Å². The van der Waals surface area contributed by atoms with Gasteiger partial charge in [0.25, 0.3) is 0 Å². The summed E-state index contributed by atoms with van der Waals surface area (Å²) in [5.74, 6) is -0.331. The molecule has 0 aliphatic carbocycles. The highest BCUT2D eigenvalue weighted by molar-refractivity contribution is 6.64. The first-order valence-corrected chi connectivity index (χ1v) is 3.82. The Bertz CT molecular complexity index is 280. The van der Waals surface area contributed by atoms with Crippen LogP contribution in [0.1, 0.15) is 0 Å². The van der Waals surface area contributed by atoms with Crippen molar-refractivity contribution in [3.8, 4) is 5.75 Å². The highest BCUT2D eigenvalue weighted by Gasteiger charge is 2.20. The number of rotatable bonds is 1. The maximum absolute atomic E-state index is 9.15. The standard InChI is InChI=1S/C6H5BCl2O3/c8-3-1-4(9)6(7(11)12)5(10)2-3/h1-2,10-12H. The van der Waals surface area contributed by atoms with Gasteiger partial charge in [0.05, 0.1) is 0 Å². The molecule has 0 unspecified atom stereocenters. The van der Waals surface area contributed by atoms with Crippen molar-refractivity contribution in [2.75, 3.05) is 0 Å². The summed E-state index contributed by atoms with van der Waals surface area (Å²) in [6.45, 7) is 0. The third-order valence-corrected chi connectivity index (χ3v) is 1.86. The van der Waals surface area contributed by atoms with Crippen molar-refractivity contribution >= 4 is 35.8 Å². The van der Waals surface area contributed by atoms with Crippen LogP contribution in [0, 0.1) is 0 Å². The van der Waals surface area contributed by atoms with E-state index in [-0.39, 0.29) is 21.3 Å². The molecule has 0 saturated heterocycles. The van der Waals surface area contributed by atoms with Gasteiger partial charge in [-0.2, -0.15) is 0 Å². The van der Waals surface area contributed by atoms with Crippen LogP contribution in [0.15, 0.2) is 12.1 Å². The molecule has 0 spiro atoms. The molecule has 0 heterocycles. The first-order chi connectivity index (χ1) is 5.52. The molecule has 1 rings (SSSR count). The van der Waals surface area contributed by atoms with Crippen molar-refractivity contribution in [1.29, 1.82) is 0 Å². The van der Waals surface area contributed by atoms with E-state index < -0.39 is 7.12 Å². The van der Waals surface area contributed by atoms with Gasteiger partial charge in [0.2, 0.25) is 0 Å². The van der Waals surface area contributed by atoms with E-state index in [4.69, 9.17) is 38.4 Å². The molecule has 0 radical (unpaired) electrons. The van der Waals surface area contributed by atoms with Gasteiger partial charge in [-0.1, -0.05) is 23.2 Å². The van der Waals surface area contributed by atoms with Gasteiger partial charge in [0, 0.05) is 15.5 Å². The van der Waals surface area contributed by atoms with Gasteiger partial charge < -0.3 is 15.2 Å². The van der Waals surface area contributed by atoms with Crippen LogP contribution in [0.4, 0.5) is 0 Å². The minimum Gasteiger partial charge on any atom is -0.508 e. The Hall–Kier alpha value is -0.415. The predicted molar refractivity (Wildman–Crippen MR) is 48.0 cm³/mol. The van der Waals surface area contributed by atoms with Crippen LogP contribution in [-0.2, 0) is 0 Å². The molecular weight excluding hydrogens is 202 g/mol. The molecule has 0 atom stereocenters. The number of phenols is 1. The van der Waals surface area contributed by atoms with Crippen LogP contribution in [-0.4, -0.2) is 22.3 Å². The van der Waals surface area contributed by atoms with E-state index in [2.05, 4.69) is 0 Å². The Morgan fingerprint density at radius 2 is 1.75 bits per heavy atom. The molecule has 6 heteroatoms. The van der Waals surface area contributed by atoms with E-state index in [0.717, 1.165) is 0 Å². The van der Waals surface area contributed by atoms with Gasteiger partial charge in [-0.3, -0.25) is 0 Å². The van der Waals surface area contributed by atoms with E-state index in [1.54, 1.807) is 0 Å². The quantitative estimate of drug-likeness (QED) is 0.583. The number of hydrogen-bond acceptors (Lipinski definition) is 3. The Morgan fingerprint density at radius 3 is 2.17 bits per heavy atom. The van der Waals surface area contributed by atoms with Crippen LogP contribution < -0.4 is 5.46 Å². The van der Waals surface area contributed by atoms with Gasteiger partial charge in [0.1, 0.15) is 5.75 Å². The van der Waals surface area contributed by atoms with Crippen molar-refractivity contribution < 1.29 is 15.2 Å². The molecule has 0 saturated carbocycles. The summed E-state index contributed by atoms with van der Waals surface area (Å²) in [5, 5.41) is 26.9. The lowest BCUT2D eigenvalue weighted by Gasteiger charge is -2.05. The van der Waals surface area contributed by atoms with Crippen LogP contribution in [0.5, 0.6) is 5.75 Å². The number of benzene rings is 1. The molecule has 1 aromatic rings. The highest BCUT2D eigenvalue weighted by atomic mass is 35.5. The lowest BCUT2D eigenvalue weighted by molar-refractivity contribution is 0.419. The zero-order valence-electron chi connectivity index (χ0n) is 5.83. The fourth-order valence-corrected chi connectivity index (χ4v) is 1.41. The number of halogens is 2. The van der Waals surface area contributed by atoms with E-state index in [0.29, 0.717) is 0 Å². The zero-order chi connectivity index (χ0) is 9.30. The molecule has 0 bridgehead atoms. The fourth-order valence-electron chi connectivity index (χ4n) is 0.827. The summed E-state index contributed by atoms with van der Waals surface area (Å²) in [6, 6.07) is 2.50. The maximum Gasteiger partial charge on any atom is 0.493 e. The van der Waals surface area contributed by atoms with E-state index in [9.17, 15) is 0 Å². The van der Waals surface area contributed by atoms with Gasteiger partial charge in [-0.25, -0.2) is 0 Å². The summed E-state index contributed by atoms with van der Waals surface area (Å²) in [7, 11) is -1.80. The topological polar surface area (TPSA) is 60.7 Å². The van der Waals surface area contributed by atoms with Crippen LogP contribution in [0.25, 0.3) is 0 Å². The maximum atomic E-state index is 9.15. The number of phenolic OH excluding ortho intramolecular Hbond substituents is 1. The second-order valence-corrected chi connectivity index (χ2v) is 3.04. The summed E-state index contributed by atoms with van der Waals surface area (Å²) in [4.78, 5) is 0. The molecular formula is C6H5BCl2O3. The summed E-state index contributed by atoms with van der Waals surface area (Å²) in [6.07, 6.45) is 0. The van der Waals surface area contributed by atoms with Crippen molar-refractivity contribution in [3.05, 3.63) is 22.2 Å². The van der Waals surface area contributed by atoms with Crippen molar-refractivity contribution in [2.45, 2.75) is 0 Å². The Balaban J connectivity index is 3.28. The van der Waals surface area contributed by atoms with Crippen molar-refractivity contribution in [2.24, 2.45) is 0 Å². The lowest BCUT2D eigenvalue weighted by atomic mass is 9.79. The van der Waals surface area contributed by atoms with Crippen molar-refractivity contribution in [1.82, 2.24) is 0 Å². The smallest absolute Gasteiger partial charge is 0.493 e. The van der Waals surface area contributed by atoms with Crippen LogP contribution >= 0.6 is 23.2 Å². The van der Waals surface area contributed by atoms with Gasteiger partial charge in [-0.05, 0) is 12.1 Å². The molecule has 3 nitrogen and oxygen atoms in total. The molecule has 12 heavy (non-hydrogen) atoms. The highest BCUT2D eigenvalue weighted by Crippen LogP contribution is 2.21. The molecule has 0 aliphatic rings. The van der Waals surface area contributed by atoms with Gasteiger partial charge in [-0.15, -0.1) is 0 Å². The van der Waals surface area contributed by atoms with Crippen molar-refractivity contribution in [3.63, 3.8) is 0 Å². The Kier molecular flexibility index (Phi) is 2.85. The zero-order valence-corrected chi connectivity index (χ0v) is 7.34. The third kappa shape index (κ3) is 1.84. The average Bonchev–Trinajstić information content (AvgIpc) is 1.82. The van der Waals surface area contributed by atoms with E-state index >= 15 is 0 Å². The van der Waals surface area contributed by atoms with Gasteiger partial charge >= 0.3 is 7.12 Å². The summed E-state index contributed by atoms with van der Waals surface area (Å²) < 4.78 is 0. The minimum atomic E-state index is -1.80. The monoisotopic (exact) mass is 206 g/mol. The summed E-state index contributed by atoms with van der Waals surface area (Å²) >= 11 is 11.1. The number of aromatic hydroxyl groups is 1. The molecule has 0 fully saturated rings. The van der Waals surface area contributed by atoms with Gasteiger partial charge in [0.15, 0.2) is 0 Å². The van der Waals surface area contributed by atoms with E-state index in [1.165, 1.54) is 12.1 Å². The first kappa shape index (κ1) is 9.67. The third-order valence-electron chi connectivity index (χ3n) is 1.33. The minimum absolute atomic E-state index is 0.0231. The first-order valence-electron chi connectivity index (χ1n) is 3.06. The molecule has 0 aliphatic heterocycles. The second-order valence-electron chi connectivity index (χ2n) is 2.19. The second kappa shape index (κ2) is 3.54. The molecule has 3 N–H and O–H groups in total. The largest absolute Gasteiger partial charge is 0.508 e. The molecule has 1 aromatic carbocycles. The normalized spacial score (nSPS) is 10.0. The van der Waals surface area contributed by atoms with Crippen LogP contribution in [0.3, 0.4) is 0 Å².